The van der Waals surface area contributed by atoms with Crippen LogP contribution in [0.3, 0.4) is 0 Å². The molecule has 13 nitrogen and oxygen atoms in total. The molecular weight excluding hydrogens is 797 g/mol. The van der Waals surface area contributed by atoms with Crippen molar-refractivity contribution in [1.82, 2.24) is 0 Å². The molecule has 0 spiro atoms. The van der Waals surface area contributed by atoms with Gasteiger partial charge in [-0.1, -0.05) is 142 Å². The standard InChI is InChI=1S/C49H98O13/c1-3-5-7-9-11-12-13-14-15-16-17-18-19-20-22-24-26-51-27-28-52-29-30-53-31-32-54-33-34-55-35-36-56-37-38-57-39-40-58-41-42-59-43-44-60-45-46-61-47-48-62-49(50)25-23-21-10-8-6-4-2/h3-48H2,1-2H3. The Balaban J connectivity index is 3.09. The van der Waals surface area contributed by atoms with Gasteiger partial charge in [0, 0.05) is 13.0 Å². The summed E-state index contributed by atoms with van der Waals surface area (Å²) in [6, 6.07) is 0. The normalized spacial score (nSPS) is 11.6. The van der Waals surface area contributed by atoms with Crippen LogP contribution in [0.15, 0.2) is 0 Å². The van der Waals surface area contributed by atoms with Crippen LogP contribution in [0.2, 0.25) is 0 Å². The first-order valence-corrected chi connectivity index (χ1v) is 25.3. The van der Waals surface area contributed by atoms with Crippen molar-refractivity contribution in [3.8, 4) is 0 Å². The Labute approximate surface area is 380 Å². The van der Waals surface area contributed by atoms with Crippen molar-refractivity contribution < 1.29 is 61.6 Å². The summed E-state index contributed by atoms with van der Waals surface area (Å²) in [7, 11) is 0. The summed E-state index contributed by atoms with van der Waals surface area (Å²) in [5, 5.41) is 0. The first-order valence-electron chi connectivity index (χ1n) is 25.3. The number of hydrogen-bond acceptors (Lipinski definition) is 13. The summed E-state index contributed by atoms with van der Waals surface area (Å²) >= 11 is 0. The Bertz CT molecular complexity index is 810. The lowest BCUT2D eigenvalue weighted by Crippen LogP contribution is -2.15. The molecule has 0 aliphatic carbocycles. The van der Waals surface area contributed by atoms with Crippen LogP contribution in [0.25, 0.3) is 0 Å². The highest BCUT2D eigenvalue weighted by Crippen LogP contribution is 2.14. The van der Waals surface area contributed by atoms with Gasteiger partial charge < -0.3 is 56.8 Å². The number of esters is 1. The Morgan fingerprint density at radius 1 is 0.226 bits per heavy atom. The van der Waals surface area contributed by atoms with Crippen molar-refractivity contribution in [1.29, 1.82) is 0 Å². The second kappa shape index (κ2) is 58.0. The lowest BCUT2D eigenvalue weighted by Gasteiger charge is -2.09. The maximum Gasteiger partial charge on any atom is 0.305 e. The minimum atomic E-state index is -0.141. The minimum absolute atomic E-state index is 0.141. The Morgan fingerprint density at radius 2 is 0.419 bits per heavy atom. The van der Waals surface area contributed by atoms with Crippen molar-refractivity contribution in [2.75, 3.05) is 152 Å². The topological polar surface area (TPSA) is 128 Å². The highest BCUT2D eigenvalue weighted by molar-refractivity contribution is 5.69. The molecule has 0 aromatic rings. The first-order chi connectivity index (χ1) is 30.8. The summed E-state index contributed by atoms with van der Waals surface area (Å²) in [6.45, 7) is 16.4. The minimum Gasteiger partial charge on any atom is -0.463 e. The molecule has 0 fully saturated rings. The van der Waals surface area contributed by atoms with Gasteiger partial charge in [-0.3, -0.25) is 4.79 Å². The first kappa shape index (κ1) is 61.0. The molecule has 0 unspecified atom stereocenters. The molecule has 0 aliphatic rings. The fourth-order valence-corrected chi connectivity index (χ4v) is 6.39. The summed E-state index contributed by atoms with van der Waals surface area (Å²) < 4.78 is 66.1. The molecule has 0 amide bonds. The molecule has 62 heavy (non-hydrogen) atoms. The number of rotatable bonds is 57. The van der Waals surface area contributed by atoms with E-state index in [2.05, 4.69) is 13.8 Å². The zero-order chi connectivity index (χ0) is 44.6. The molecule has 0 saturated heterocycles. The summed E-state index contributed by atoms with van der Waals surface area (Å²) in [5.74, 6) is -0.141. The number of carbonyl (C=O) groups is 1. The lowest BCUT2D eigenvalue weighted by atomic mass is 10.0. The van der Waals surface area contributed by atoms with Gasteiger partial charge in [0.15, 0.2) is 0 Å². The smallest absolute Gasteiger partial charge is 0.305 e. The predicted octanol–water partition coefficient (Wildman–Crippen LogP) is 9.72. The van der Waals surface area contributed by atoms with Crippen molar-refractivity contribution in [2.45, 2.75) is 162 Å². The SMILES string of the molecule is CCCCCCCCCCCCCCCCCCOCCOCCOCCOCCOCCOCCOCCOCCOCCOCCOCCOC(=O)CCCCCCCC. The van der Waals surface area contributed by atoms with Crippen LogP contribution >= 0.6 is 0 Å². The molecule has 0 bridgehead atoms. The maximum absolute atomic E-state index is 11.7. The Hall–Kier alpha value is -0.970. The van der Waals surface area contributed by atoms with Crippen LogP contribution in [-0.2, 0) is 61.6 Å². The van der Waals surface area contributed by atoms with E-state index in [1.807, 2.05) is 0 Å². The molecular formula is C49H98O13. The van der Waals surface area contributed by atoms with Crippen LogP contribution in [-0.4, -0.2) is 158 Å². The second-order valence-corrected chi connectivity index (χ2v) is 15.8. The third-order valence-corrected chi connectivity index (χ3v) is 10.1. The number of hydrogen-bond donors (Lipinski definition) is 0. The van der Waals surface area contributed by atoms with Crippen LogP contribution < -0.4 is 0 Å². The zero-order valence-electron chi connectivity index (χ0n) is 40.3. The monoisotopic (exact) mass is 895 g/mol. The molecule has 0 aliphatic heterocycles. The maximum atomic E-state index is 11.7. The van der Waals surface area contributed by atoms with Gasteiger partial charge in [-0.25, -0.2) is 0 Å². The second-order valence-electron chi connectivity index (χ2n) is 15.8. The summed E-state index contributed by atoms with van der Waals surface area (Å²) in [4.78, 5) is 11.7. The lowest BCUT2D eigenvalue weighted by molar-refractivity contribution is -0.145. The van der Waals surface area contributed by atoms with Crippen molar-refractivity contribution in [2.24, 2.45) is 0 Å². The van der Waals surface area contributed by atoms with E-state index in [-0.39, 0.29) is 12.6 Å². The van der Waals surface area contributed by atoms with Gasteiger partial charge >= 0.3 is 5.97 Å². The van der Waals surface area contributed by atoms with E-state index in [9.17, 15) is 4.79 Å². The van der Waals surface area contributed by atoms with Crippen LogP contribution in [0, 0.1) is 0 Å². The fraction of sp³-hybridized carbons (Fsp3) is 0.980. The third-order valence-electron chi connectivity index (χ3n) is 10.1. The molecule has 0 aromatic carbocycles. The summed E-state index contributed by atoms with van der Waals surface area (Å²) in [6.07, 6.45) is 29.6. The van der Waals surface area contributed by atoms with Gasteiger partial charge in [0.05, 0.1) is 139 Å². The van der Waals surface area contributed by atoms with Crippen LogP contribution in [0.4, 0.5) is 0 Å². The van der Waals surface area contributed by atoms with E-state index in [0.29, 0.717) is 145 Å². The van der Waals surface area contributed by atoms with E-state index >= 15 is 0 Å². The molecule has 372 valence electrons. The number of carbonyl (C=O) groups excluding carboxylic acids is 1. The van der Waals surface area contributed by atoms with Gasteiger partial charge in [-0.15, -0.1) is 0 Å². The molecule has 0 heterocycles. The van der Waals surface area contributed by atoms with Crippen LogP contribution in [0.5, 0.6) is 0 Å². The Morgan fingerprint density at radius 3 is 0.677 bits per heavy atom. The molecule has 0 radical (unpaired) electrons. The van der Waals surface area contributed by atoms with Crippen LogP contribution in [0.1, 0.15) is 162 Å². The van der Waals surface area contributed by atoms with Crippen molar-refractivity contribution in [3.63, 3.8) is 0 Å². The average molecular weight is 895 g/mol. The molecule has 0 N–H and O–H groups in total. The molecule has 0 rings (SSSR count). The predicted molar refractivity (Wildman–Crippen MR) is 248 cm³/mol. The highest BCUT2D eigenvalue weighted by Gasteiger charge is 2.03. The van der Waals surface area contributed by atoms with Crippen molar-refractivity contribution >= 4 is 5.97 Å². The van der Waals surface area contributed by atoms with Gasteiger partial charge in [0.2, 0.25) is 0 Å². The highest BCUT2D eigenvalue weighted by atomic mass is 16.6. The van der Waals surface area contributed by atoms with E-state index in [1.54, 1.807) is 0 Å². The van der Waals surface area contributed by atoms with Gasteiger partial charge in [0.25, 0.3) is 0 Å². The largest absolute Gasteiger partial charge is 0.463 e. The average Bonchev–Trinajstić information content (AvgIpc) is 3.28. The molecule has 0 atom stereocenters. The van der Waals surface area contributed by atoms with Gasteiger partial charge in [-0.2, -0.15) is 0 Å². The van der Waals surface area contributed by atoms with Gasteiger partial charge in [0.1, 0.15) is 6.61 Å². The third kappa shape index (κ3) is 57.0. The van der Waals surface area contributed by atoms with E-state index in [4.69, 9.17) is 56.8 Å². The number of unbranched alkanes of at least 4 members (excludes halogenated alkanes) is 20. The van der Waals surface area contributed by atoms with E-state index < -0.39 is 0 Å². The summed E-state index contributed by atoms with van der Waals surface area (Å²) in [5.41, 5.74) is 0. The van der Waals surface area contributed by atoms with E-state index in [1.165, 1.54) is 122 Å². The molecule has 13 heteroatoms. The molecule has 0 saturated carbocycles. The van der Waals surface area contributed by atoms with Gasteiger partial charge in [-0.05, 0) is 12.8 Å². The quantitative estimate of drug-likeness (QED) is 0.0425. The molecule has 0 aromatic heterocycles. The Kier molecular flexibility index (Phi) is 57.1. The fourth-order valence-electron chi connectivity index (χ4n) is 6.39. The number of ether oxygens (including phenoxy) is 12. The zero-order valence-corrected chi connectivity index (χ0v) is 40.3. The van der Waals surface area contributed by atoms with E-state index in [0.717, 1.165) is 25.9 Å². The van der Waals surface area contributed by atoms with Crippen molar-refractivity contribution in [3.05, 3.63) is 0 Å².